The summed E-state index contributed by atoms with van der Waals surface area (Å²) in [5.41, 5.74) is 1.81. The van der Waals surface area contributed by atoms with Gasteiger partial charge in [0, 0.05) is 25.1 Å². The third-order valence-electron chi connectivity index (χ3n) is 9.79. The highest BCUT2D eigenvalue weighted by Crippen LogP contribution is 2.43. The van der Waals surface area contributed by atoms with Crippen molar-refractivity contribution < 1.29 is 36.7 Å². The van der Waals surface area contributed by atoms with Crippen LogP contribution in [0, 0.1) is 12.7 Å². The van der Waals surface area contributed by atoms with Crippen LogP contribution >= 0.6 is 0 Å². The smallest absolute Gasteiger partial charge is 0.449 e. The number of rotatable bonds is 12. The van der Waals surface area contributed by atoms with Gasteiger partial charge in [-0.15, -0.1) is 0 Å². The van der Waals surface area contributed by atoms with Crippen LogP contribution in [0.1, 0.15) is 71.2 Å². The molecule has 2 aromatic heterocycles. The number of furan rings is 1. The lowest BCUT2D eigenvalue weighted by Crippen LogP contribution is -2.50. The van der Waals surface area contributed by atoms with Gasteiger partial charge in [0.05, 0.1) is 43.5 Å². The number of halogens is 4. The number of benzene rings is 2. The van der Waals surface area contributed by atoms with Crippen LogP contribution in [0.15, 0.2) is 74.7 Å². The van der Waals surface area contributed by atoms with Gasteiger partial charge in [0.2, 0.25) is 11.7 Å². The Balaban J connectivity index is 1.35. The van der Waals surface area contributed by atoms with E-state index in [9.17, 15) is 27.6 Å². The SMILES string of the molecule is Cc1cccc(F)c1Cn1c2c(c(=O)n(C[C@H](NCCCC(=O)NO)c3ccccc3)c1=O)C1(CCN(Cc3ccc(C(F)(F)F)o3)CC1)OC2. The number of amides is 1. The van der Waals surface area contributed by atoms with Crippen molar-refractivity contribution in [1.82, 2.24) is 24.8 Å². The van der Waals surface area contributed by atoms with Crippen molar-refractivity contribution in [1.29, 1.82) is 0 Å². The maximum Gasteiger partial charge on any atom is 0.449 e. The van der Waals surface area contributed by atoms with E-state index in [1.165, 1.54) is 16.7 Å². The molecule has 1 spiro atoms. The van der Waals surface area contributed by atoms with Crippen molar-refractivity contribution in [2.45, 2.75) is 76.7 Å². The van der Waals surface area contributed by atoms with Crippen molar-refractivity contribution in [3.63, 3.8) is 0 Å². The first-order valence-electron chi connectivity index (χ1n) is 16.7. The average Bonchev–Trinajstić information content (AvgIpc) is 3.74. The van der Waals surface area contributed by atoms with E-state index in [0.29, 0.717) is 61.3 Å². The van der Waals surface area contributed by atoms with Gasteiger partial charge in [-0.3, -0.25) is 28.8 Å². The van der Waals surface area contributed by atoms with Crippen molar-refractivity contribution in [2.24, 2.45) is 0 Å². The van der Waals surface area contributed by atoms with E-state index in [0.717, 1.165) is 16.2 Å². The zero-order valence-electron chi connectivity index (χ0n) is 28.0. The van der Waals surface area contributed by atoms with Crippen LogP contribution in [0.5, 0.6) is 0 Å². The van der Waals surface area contributed by atoms with Gasteiger partial charge in [-0.25, -0.2) is 14.7 Å². The fraction of sp³-hybridized carbons (Fsp3) is 0.417. The predicted molar refractivity (Wildman–Crippen MR) is 176 cm³/mol. The molecule has 0 saturated carbocycles. The number of hydrogen-bond acceptors (Lipinski definition) is 8. The highest BCUT2D eigenvalue weighted by atomic mass is 19.4. The molecule has 2 aromatic carbocycles. The minimum absolute atomic E-state index is 0.0471. The number of aryl methyl sites for hydroxylation is 1. The summed E-state index contributed by atoms with van der Waals surface area (Å²) in [5, 5.41) is 12.2. The first kappa shape index (κ1) is 36.2. The highest BCUT2D eigenvalue weighted by molar-refractivity contribution is 5.74. The Kier molecular flexibility index (Phi) is 10.6. The lowest BCUT2D eigenvalue weighted by atomic mass is 9.85. The molecular formula is C36H39F4N5O6. The third kappa shape index (κ3) is 7.71. The van der Waals surface area contributed by atoms with Crippen LogP contribution in [-0.2, 0) is 47.5 Å². The summed E-state index contributed by atoms with van der Waals surface area (Å²) in [7, 11) is 0. The highest BCUT2D eigenvalue weighted by Gasteiger charge is 2.47. The van der Waals surface area contributed by atoms with E-state index in [-0.39, 0.29) is 38.4 Å². The monoisotopic (exact) mass is 713 g/mol. The fourth-order valence-electron chi connectivity index (χ4n) is 7.02. The molecule has 0 bridgehead atoms. The number of carbonyl (C=O) groups excluding carboxylic acids is 1. The van der Waals surface area contributed by atoms with Gasteiger partial charge in [0.25, 0.3) is 5.56 Å². The predicted octanol–water partition coefficient (Wildman–Crippen LogP) is 4.76. The minimum Gasteiger partial charge on any atom is -0.455 e. The topological polar surface area (TPSA) is 131 Å². The van der Waals surface area contributed by atoms with E-state index in [1.807, 2.05) is 35.2 Å². The zero-order chi connectivity index (χ0) is 36.3. The van der Waals surface area contributed by atoms with E-state index in [2.05, 4.69) is 5.32 Å². The molecule has 6 rings (SSSR count). The van der Waals surface area contributed by atoms with Gasteiger partial charge in [0.15, 0.2) is 0 Å². The van der Waals surface area contributed by atoms with Crippen LogP contribution in [-0.4, -0.2) is 44.8 Å². The summed E-state index contributed by atoms with van der Waals surface area (Å²) >= 11 is 0. The van der Waals surface area contributed by atoms with Gasteiger partial charge >= 0.3 is 11.9 Å². The van der Waals surface area contributed by atoms with Gasteiger partial charge in [-0.1, -0.05) is 42.5 Å². The quantitative estimate of drug-likeness (QED) is 0.0830. The molecule has 2 aliphatic heterocycles. The fourth-order valence-corrected chi connectivity index (χ4v) is 7.02. The molecule has 0 aliphatic carbocycles. The molecular weight excluding hydrogens is 674 g/mol. The number of hydroxylamine groups is 1. The number of likely N-dealkylation sites (tertiary alicyclic amines) is 1. The first-order valence-corrected chi connectivity index (χ1v) is 16.7. The van der Waals surface area contributed by atoms with E-state index < -0.39 is 46.6 Å². The Hall–Kier alpha value is -4.57. The van der Waals surface area contributed by atoms with Crippen molar-refractivity contribution in [3.8, 4) is 0 Å². The molecule has 11 nitrogen and oxygen atoms in total. The number of alkyl halides is 3. The number of hydrogen-bond donors (Lipinski definition) is 3. The molecule has 1 amide bonds. The van der Waals surface area contributed by atoms with E-state index in [4.69, 9.17) is 14.4 Å². The minimum atomic E-state index is -4.59. The molecule has 0 radical (unpaired) electrons. The molecule has 1 atom stereocenters. The molecule has 15 heteroatoms. The Morgan fingerprint density at radius 1 is 1.00 bits per heavy atom. The van der Waals surface area contributed by atoms with Crippen molar-refractivity contribution >= 4 is 5.91 Å². The lowest BCUT2D eigenvalue weighted by Gasteiger charge is -2.38. The molecule has 3 N–H and O–H groups in total. The molecule has 272 valence electrons. The Morgan fingerprint density at radius 3 is 2.41 bits per heavy atom. The molecule has 4 aromatic rings. The Morgan fingerprint density at radius 2 is 1.75 bits per heavy atom. The van der Waals surface area contributed by atoms with Gasteiger partial charge < -0.3 is 14.5 Å². The zero-order valence-corrected chi connectivity index (χ0v) is 28.0. The average molecular weight is 714 g/mol. The number of nitrogens with one attached hydrogen (secondary N) is 2. The third-order valence-corrected chi connectivity index (χ3v) is 9.79. The standard InChI is InChI=1S/C36H39F4N5O6/c1-23-7-5-10-27(37)26(23)20-44-29-22-50-35(14-17-43(18-15-35)19-25-12-13-30(51-25)36(38,39)40)32(29)33(47)45(34(44)48)21-28(24-8-3-2-4-9-24)41-16-6-11-31(46)42-49/h2-5,7-10,12-13,28,41,49H,6,11,14-22H2,1H3,(H,42,46)/t28-/m0/s1. The summed E-state index contributed by atoms with van der Waals surface area (Å²) in [6, 6.07) is 15.5. The van der Waals surface area contributed by atoms with Gasteiger partial charge in [-0.05, 0) is 62.1 Å². The first-order chi connectivity index (χ1) is 24.4. The number of fused-ring (bicyclic) bond motifs is 2. The maximum absolute atomic E-state index is 15.2. The lowest BCUT2D eigenvalue weighted by molar-refractivity contribution is -0.153. The maximum atomic E-state index is 15.2. The normalized spacial score (nSPS) is 16.4. The van der Waals surface area contributed by atoms with Gasteiger partial charge in [-0.2, -0.15) is 13.2 Å². The summed E-state index contributed by atoms with van der Waals surface area (Å²) < 4.78 is 68.5. The van der Waals surface area contributed by atoms with Gasteiger partial charge in [0.1, 0.15) is 17.2 Å². The molecule has 1 saturated heterocycles. The summed E-state index contributed by atoms with van der Waals surface area (Å²) in [6.07, 6.45) is -3.51. The molecule has 0 unspecified atom stereocenters. The summed E-state index contributed by atoms with van der Waals surface area (Å²) in [4.78, 5) is 42.4. The Bertz CT molecular complexity index is 1960. The summed E-state index contributed by atoms with van der Waals surface area (Å²) in [6.45, 7) is 2.71. The number of nitrogens with zero attached hydrogens (tertiary/aromatic N) is 3. The van der Waals surface area contributed by atoms with Crippen LogP contribution in [0.3, 0.4) is 0 Å². The number of carbonyl (C=O) groups is 1. The van der Waals surface area contributed by atoms with Crippen LogP contribution < -0.4 is 22.0 Å². The molecule has 1 fully saturated rings. The second-order valence-corrected chi connectivity index (χ2v) is 13.0. The van der Waals surface area contributed by atoms with E-state index >= 15 is 4.39 Å². The second-order valence-electron chi connectivity index (χ2n) is 13.0. The largest absolute Gasteiger partial charge is 0.455 e. The second kappa shape index (κ2) is 15.0. The number of piperidine rings is 1. The molecule has 2 aliphatic rings. The number of ether oxygens (including phenoxy) is 1. The molecule has 51 heavy (non-hydrogen) atoms. The molecule has 4 heterocycles. The Labute approximate surface area is 290 Å². The van der Waals surface area contributed by atoms with Crippen molar-refractivity contribution in [3.05, 3.63) is 127 Å². The van der Waals surface area contributed by atoms with E-state index in [1.54, 1.807) is 24.5 Å². The van der Waals surface area contributed by atoms with Crippen LogP contribution in [0.4, 0.5) is 17.6 Å². The van der Waals surface area contributed by atoms with Crippen LogP contribution in [0.25, 0.3) is 0 Å². The van der Waals surface area contributed by atoms with Crippen LogP contribution in [0.2, 0.25) is 0 Å². The summed E-state index contributed by atoms with van der Waals surface area (Å²) in [5.74, 6) is -1.93. The van der Waals surface area contributed by atoms with Crippen molar-refractivity contribution in [2.75, 3.05) is 19.6 Å². The number of aromatic nitrogens is 2.